The molecule has 0 saturated heterocycles. The molecule has 10 N–H and O–H groups in total. The van der Waals surface area contributed by atoms with Crippen LogP contribution in [-0.4, -0.2) is 81.6 Å². The molecule has 0 aliphatic rings. The molecule has 0 amide bonds. The fourth-order valence-corrected chi connectivity index (χ4v) is 0.666. The van der Waals surface area contributed by atoms with Crippen molar-refractivity contribution in [2.75, 3.05) is 26.9 Å². The van der Waals surface area contributed by atoms with Crippen LogP contribution in [0.2, 0.25) is 0 Å². The zero-order chi connectivity index (χ0) is 18.7. The molecule has 0 radical (unpaired) electrons. The van der Waals surface area contributed by atoms with Crippen LogP contribution in [0.15, 0.2) is 0 Å². The predicted octanol–water partition coefficient (Wildman–Crippen LogP) is -2.59. The second-order valence-corrected chi connectivity index (χ2v) is 4.19. The van der Waals surface area contributed by atoms with Crippen molar-refractivity contribution in [2.24, 2.45) is 17.4 Å². The number of carboxylic acid groups (broad SMARTS) is 2. The number of aliphatic hydroxyl groups is 4. The second-order valence-electron chi connectivity index (χ2n) is 4.19. The summed E-state index contributed by atoms with van der Waals surface area (Å²) < 4.78 is 0. The SMILES string of the molecule is CC(C)C[C@H](N)C(=O)O.CO.NCC(=O)O.OCC(O)CO. The van der Waals surface area contributed by atoms with Crippen LogP contribution in [0.3, 0.4) is 0 Å². The van der Waals surface area contributed by atoms with Gasteiger partial charge in [-0.25, -0.2) is 0 Å². The Bertz CT molecular complexity index is 247. The van der Waals surface area contributed by atoms with Crippen LogP contribution in [0.1, 0.15) is 20.3 Å². The molecule has 22 heavy (non-hydrogen) atoms. The van der Waals surface area contributed by atoms with Gasteiger partial charge in [0, 0.05) is 7.11 Å². The summed E-state index contributed by atoms with van der Waals surface area (Å²) in [7, 11) is 1.00. The molecule has 10 nitrogen and oxygen atoms in total. The van der Waals surface area contributed by atoms with Gasteiger partial charge in [-0.15, -0.1) is 0 Å². The molecule has 0 aliphatic carbocycles. The molecule has 0 aromatic rings. The number of hydrogen-bond acceptors (Lipinski definition) is 8. The van der Waals surface area contributed by atoms with Gasteiger partial charge in [0.1, 0.15) is 12.1 Å². The monoisotopic (exact) mass is 330 g/mol. The number of carbonyl (C=O) groups is 2. The standard InChI is InChI=1S/C6H13NO2.C3H8O3.C2H5NO2.CH4O/c1-4(2)3-5(7)6(8)9;4-1-3(6)2-5;3-1-2(4)5;1-2/h4-5H,3,7H2,1-2H3,(H,8,9);3-6H,1-2H2;1,3H2,(H,4,5);2H,1H3/t5-;;;/m0.../s1. The Labute approximate surface area is 130 Å². The molecular formula is C12H30N2O8. The summed E-state index contributed by atoms with van der Waals surface area (Å²) in [6, 6.07) is -0.690. The van der Waals surface area contributed by atoms with Crippen molar-refractivity contribution in [3.63, 3.8) is 0 Å². The van der Waals surface area contributed by atoms with Crippen LogP contribution in [0.5, 0.6) is 0 Å². The topological polar surface area (TPSA) is 208 Å². The second kappa shape index (κ2) is 22.0. The van der Waals surface area contributed by atoms with Crippen LogP contribution in [-0.2, 0) is 9.59 Å². The predicted molar refractivity (Wildman–Crippen MR) is 80.1 cm³/mol. The van der Waals surface area contributed by atoms with E-state index in [4.69, 9.17) is 36.4 Å². The van der Waals surface area contributed by atoms with Crippen LogP contribution < -0.4 is 11.5 Å². The van der Waals surface area contributed by atoms with Crippen molar-refractivity contribution in [2.45, 2.75) is 32.4 Å². The molecule has 0 rings (SSSR count). The highest BCUT2D eigenvalue weighted by atomic mass is 16.4. The molecule has 0 bridgehead atoms. The molecule has 1 atom stereocenters. The first kappa shape index (κ1) is 28.8. The quantitative estimate of drug-likeness (QED) is 0.255. The lowest BCUT2D eigenvalue weighted by Gasteiger charge is -2.07. The van der Waals surface area contributed by atoms with Gasteiger partial charge in [-0.3, -0.25) is 9.59 Å². The molecule has 0 aromatic carbocycles. The Morgan fingerprint density at radius 3 is 1.41 bits per heavy atom. The minimum absolute atomic E-state index is 0.278. The number of hydrogen-bond donors (Lipinski definition) is 8. The zero-order valence-corrected chi connectivity index (χ0v) is 13.2. The van der Waals surface area contributed by atoms with Gasteiger partial charge in [-0.05, 0) is 12.3 Å². The van der Waals surface area contributed by atoms with Crippen molar-refractivity contribution in [3.05, 3.63) is 0 Å². The molecule has 0 heterocycles. The fourth-order valence-electron chi connectivity index (χ4n) is 0.666. The van der Waals surface area contributed by atoms with Gasteiger partial charge < -0.3 is 42.1 Å². The maximum absolute atomic E-state index is 10.1. The van der Waals surface area contributed by atoms with Crippen LogP contribution in [0, 0.1) is 5.92 Å². The molecule has 136 valence electrons. The lowest BCUT2D eigenvalue weighted by Crippen LogP contribution is -2.31. The Morgan fingerprint density at radius 1 is 1.05 bits per heavy atom. The Balaban J connectivity index is -0.000000109. The summed E-state index contributed by atoms with van der Waals surface area (Å²) in [6.07, 6.45) is -0.403. The van der Waals surface area contributed by atoms with Gasteiger partial charge in [-0.2, -0.15) is 0 Å². The third kappa shape index (κ3) is 36.3. The van der Waals surface area contributed by atoms with E-state index in [-0.39, 0.29) is 19.8 Å². The highest BCUT2D eigenvalue weighted by Crippen LogP contribution is 2.01. The molecular weight excluding hydrogens is 300 g/mol. The first-order chi connectivity index (χ1) is 10.1. The van der Waals surface area contributed by atoms with E-state index < -0.39 is 24.1 Å². The number of aliphatic hydroxyl groups excluding tert-OH is 4. The molecule has 0 aromatic heterocycles. The maximum atomic E-state index is 10.1. The number of aliphatic carboxylic acids is 2. The summed E-state index contributed by atoms with van der Waals surface area (Å²) in [4.78, 5) is 19.4. The van der Waals surface area contributed by atoms with Gasteiger partial charge in [-0.1, -0.05) is 13.8 Å². The van der Waals surface area contributed by atoms with Gasteiger partial charge in [0.25, 0.3) is 0 Å². The van der Waals surface area contributed by atoms with E-state index in [2.05, 4.69) is 5.73 Å². The summed E-state index contributed by atoms with van der Waals surface area (Å²) in [6.45, 7) is 2.89. The molecule has 10 heteroatoms. The van der Waals surface area contributed by atoms with Gasteiger partial charge in [0.15, 0.2) is 0 Å². The van der Waals surface area contributed by atoms with E-state index in [0.29, 0.717) is 12.3 Å². The Kier molecular flexibility index (Phi) is 28.8. The number of nitrogens with two attached hydrogens (primary N) is 2. The highest BCUT2D eigenvalue weighted by molar-refractivity contribution is 5.72. The number of rotatable bonds is 6. The van der Waals surface area contributed by atoms with Crippen molar-refractivity contribution < 1.29 is 40.2 Å². The van der Waals surface area contributed by atoms with E-state index >= 15 is 0 Å². The molecule has 0 aliphatic heterocycles. The molecule has 0 saturated carbocycles. The zero-order valence-electron chi connectivity index (χ0n) is 13.2. The smallest absolute Gasteiger partial charge is 0.320 e. The minimum Gasteiger partial charge on any atom is -0.480 e. The lowest BCUT2D eigenvalue weighted by molar-refractivity contribution is -0.139. The normalized spacial score (nSPS) is 10.3. The largest absolute Gasteiger partial charge is 0.480 e. The average molecular weight is 330 g/mol. The van der Waals surface area contributed by atoms with Crippen molar-refractivity contribution in [3.8, 4) is 0 Å². The summed E-state index contributed by atoms with van der Waals surface area (Å²) in [5, 5.41) is 46.9. The first-order valence-electron chi connectivity index (χ1n) is 6.36. The van der Waals surface area contributed by atoms with Gasteiger partial charge in [0.05, 0.1) is 19.8 Å². The van der Waals surface area contributed by atoms with E-state index in [1.165, 1.54) is 0 Å². The Hall–Kier alpha value is -1.30. The van der Waals surface area contributed by atoms with E-state index in [0.717, 1.165) is 7.11 Å². The lowest BCUT2D eigenvalue weighted by atomic mass is 10.1. The summed E-state index contributed by atoms with van der Waals surface area (Å²) in [5.41, 5.74) is 9.79. The fraction of sp³-hybridized carbons (Fsp3) is 0.833. The van der Waals surface area contributed by atoms with E-state index in [9.17, 15) is 9.59 Å². The van der Waals surface area contributed by atoms with Crippen LogP contribution >= 0.6 is 0 Å². The molecule has 0 fully saturated rings. The van der Waals surface area contributed by atoms with Gasteiger partial charge >= 0.3 is 11.9 Å². The van der Waals surface area contributed by atoms with E-state index in [1.807, 2.05) is 13.8 Å². The average Bonchev–Trinajstić information content (AvgIpc) is 2.48. The third-order valence-electron chi connectivity index (χ3n) is 1.64. The highest BCUT2D eigenvalue weighted by Gasteiger charge is 2.11. The van der Waals surface area contributed by atoms with Crippen molar-refractivity contribution in [1.82, 2.24) is 0 Å². The number of carboxylic acids is 2. The summed E-state index contributed by atoms with van der Waals surface area (Å²) in [5.74, 6) is -1.52. The van der Waals surface area contributed by atoms with Crippen LogP contribution in [0.25, 0.3) is 0 Å². The summed E-state index contributed by atoms with van der Waals surface area (Å²) >= 11 is 0. The minimum atomic E-state index is -0.968. The van der Waals surface area contributed by atoms with Crippen molar-refractivity contribution >= 4 is 11.9 Å². The Morgan fingerprint density at radius 2 is 1.36 bits per heavy atom. The van der Waals surface area contributed by atoms with E-state index in [1.54, 1.807) is 0 Å². The maximum Gasteiger partial charge on any atom is 0.320 e. The molecule has 0 spiro atoms. The van der Waals surface area contributed by atoms with Gasteiger partial charge in [0.2, 0.25) is 0 Å². The first-order valence-corrected chi connectivity index (χ1v) is 6.36. The third-order valence-corrected chi connectivity index (χ3v) is 1.64. The van der Waals surface area contributed by atoms with Crippen molar-refractivity contribution in [1.29, 1.82) is 0 Å². The molecule has 0 unspecified atom stereocenters. The van der Waals surface area contributed by atoms with Crippen LogP contribution in [0.4, 0.5) is 0 Å².